The fraction of sp³-hybridized carbons (Fsp3) is 0.353. The van der Waals surface area contributed by atoms with Gasteiger partial charge in [0.1, 0.15) is 18.8 Å². The molecule has 10 nitrogen and oxygen atoms in total. The number of rotatable bonds is 10. The second-order valence-corrected chi connectivity index (χ2v) is 6.81. The zero-order valence-electron chi connectivity index (χ0n) is 15.9. The maximum Gasteiger partial charge on any atom is 0.258 e. The molecule has 0 spiro atoms. The summed E-state index contributed by atoms with van der Waals surface area (Å²) in [6, 6.07) is 9.69. The molecule has 0 atom stereocenters. The molecule has 0 unspecified atom stereocenters. The van der Waals surface area contributed by atoms with Crippen LogP contribution in [0.3, 0.4) is 0 Å². The minimum atomic E-state index is 0.288. The van der Waals surface area contributed by atoms with Gasteiger partial charge in [-0.15, -0.1) is 5.10 Å². The van der Waals surface area contributed by atoms with Crippen molar-refractivity contribution in [2.75, 3.05) is 50.5 Å². The average Bonchev–Trinajstić information content (AvgIpc) is 3.19. The zero-order valence-corrected chi connectivity index (χ0v) is 16.8. The van der Waals surface area contributed by atoms with Crippen LogP contribution in [-0.2, 0) is 4.74 Å². The highest BCUT2D eigenvalue weighted by Gasteiger charge is 2.12. The van der Waals surface area contributed by atoms with E-state index in [-0.39, 0.29) is 6.73 Å². The molecule has 3 aromatic rings. The van der Waals surface area contributed by atoms with Crippen molar-refractivity contribution in [3.05, 3.63) is 36.7 Å². The number of ether oxygens (including phenoxy) is 2. The summed E-state index contributed by atoms with van der Waals surface area (Å²) in [5.74, 6) is 2.84. The number of anilines is 2. The number of hydrogen-bond donors (Lipinski definition) is 1. The molecule has 148 valence electrons. The van der Waals surface area contributed by atoms with E-state index in [1.165, 1.54) is 16.4 Å². The summed E-state index contributed by atoms with van der Waals surface area (Å²) < 4.78 is 12.2. The SMILES string of the molecule is COCNc1nc(N(C)C)nc(-n2cnc(SCCOc3ccccc3)n2)n1. The van der Waals surface area contributed by atoms with E-state index in [0.29, 0.717) is 29.6 Å². The predicted octanol–water partition coefficient (Wildman–Crippen LogP) is 1.71. The Kier molecular flexibility index (Phi) is 6.98. The van der Waals surface area contributed by atoms with Gasteiger partial charge in [-0.05, 0) is 12.1 Å². The van der Waals surface area contributed by atoms with E-state index in [1.54, 1.807) is 18.3 Å². The fourth-order valence-corrected chi connectivity index (χ4v) is 2.71. The van der Waals surface area contributed by atoms with Crippen LogP contribution in [0, 0.1) is 0 Å². The molecular formula is C17H22N8O2S. The summed E-state index contributed by atoms with van der Waals surface area (Å²) in [7, 11) is 5.30. The van der Waals surface area contributed by atoms with Crippen LogP contribution < -0.4 is 15.0 Å². The number of thioether (sulfide) groups is 1. The molecule has 3 rings (SSSR count). The summed E-state index contributed by atoms with van der Waals surface area (Å²) in [6.45, 7) is 0.848. The van der Waals surface area contributed by atoms with Gasteiger partial charge in [-0.25, -0.2) is 4.98 Å². The quantitative estimate of drug-likeness (QED) is 0.306. The van der Waals surface area contributed by atoms with Gasteiger partial charge in [-0.1, -0.05) is 30.0 Å². The Bertz CT molecular complexity index is 875. The summed E-state index contributed by atoms with van der Waals surface area (Å²) >= 11 is 1.50. The lowest BCUT2D eigenvalue weighted by Gasteiger charge is -2.12. The van der Waals surface area contributed by atoms with E-state index < -0.39 is 0 Å². The topological polar surface area (TPSA) is 103 Å². The minimum Gasteiger partial charge on any atom is -0.493 e. The third-order valence-corrected chi connectivity index (χ3v) is 4.20. The second kappa shape index (κ2) is 9.85. The molecule has 1 N–H and O–H groups in total. The lowest BCUT2D eigenvalue weighted by atomic mass is 10.3. The number of hydrogen-bond acceptors (Lipinski definition) is 10. The smallest absolute Gasteiger partial charge is 0.258 e. The van der Waals surface area contributed by atoms with Gasteiger partial charge in [-0.3, -0.25) is 0 Å². The summed E-state index contributed by atoms with van der Waals surface area (Å²) in [6.07, 6.45) is 1.58. The summed E-state index contributed by atoms with van der Waals surface area (Å²) in [5, 5.41) is 8.02. The first-order chi connectivity index (χ1) is 13.7. The third kappa shape index (κ3) is 5.54. The van der Waals surface area contributed by atoms with Gasteiger partial charge in [0.25, 0.3) is 5.95 Å². The Labute approximate surface area is 167 Å². The Morgan fingerprint density at radius 1 is 1.14 bits per heavy atom. The molecule has 2 aromatic heterocycles. The lowest BCUT2D eigenvalue weighted by molar-refractivity contribution is 0.220. The minimum absolute atomic E-state index is 0.288. The van der Waals surface area contributed by atoms with Gasteiger partial charge in [-0.2, -0.15) is 19.6 Å². The first-order valence-electron chi connectivity index (χ1n) is 8.54. The van der Waals surface area contributed by atoms with E-state index >= 15 is 0 Å². The largest absolute Gasteiger partial charge is 0.493 e. The van der Waals surface area contributed by atoms with Crippen molar-refractivity contribution in [3.63, 3.8) is 0 Å². The third-order valence-electron chi connectivity index (χ3n) is 3.39. The van der Waals surface area contributed by atoms with Crippen LogP contribution in [0.2, 0.25) is 0 Å². The van der Waals surface area contributed by atoms with Crippen LogP contribution in [0.15, 0.2) is 41.8 Å². The van der Waals surface area contributed by atoms with E-state index in [1.807, 2.05) is 44.4 Å². The van der Waals surface area contributed by atoms with E-state index in [0.717, 1.165) is 11.5 Å². The molecule has 11 heteroatoms. The molecule has 2 heterocycles. The Morgan fingerprint density at radius 3 is 2.71 bits per heavy atom. The zero-order chi connectivity index (χ0) is 19.8. The van der Waals surface area contributed by atoms with Gasteiger partial charge in [0.15, 0.2) is 0 Å². The number of nitrogens with zero attached hydrogens (tertiary/aromatic N) is 7. The Morgan fingerprint density at radius 2 is 1.96 bits per heavy atom. The molecule has 0 aliphatic heterocycles. The van der Waals surface area contributed by atoms with Crippen LogP contribution in [0.25, 0.3) is 5.95 Å². The number of aromatic nitrogens is 6. The van der Waals surface area contributed by atoms with Crippen LogP contribution in [0.5, 0.6) is 5.75 Å². The molecular weight excluding hydrogens is 380 g/mol. The Balaban J connectivity index is 1.63. The molecule has 0 amide bonds. The van der Waals surface area contributed by atoms with Crippen LogP contribution in [0.1, 0.15) is 0 Å². The number of benzene rings is 1. The molecule has 0 saturated heterocycles. The van der Waals surface area contributed by atoms with Crippen molar-refractivity contribution in [1.29, 1.82) is 0 Å². The van der Waals surface area contributed by atoms with Crippen LogP contribution >= 0.6 is 11.8 Å². The normalized spacial score (nSPS) is 10.7. The molecule has 0 aliphatic carbocycles. The van der Waals surface area contributed by atoms with Gasteiger partial charge in [0, 0.05) is 27.0 Å². The van der Waals surface area contributed by atoms with E-state index in [2.05, 4.69) is 30.4 Å². The molecule has 0 fully saturated rings. The monoisotopic (exact) mass is 402 g/mol. The van der Waals surface area contributed by atoms with Gasteiger partial charge in [0.05, 0.1) is 6.61 Å². The van der Waals surface area contributed by atoms with Gasteiger partial charge < -0.3 is 19.7 Å². The molecule has 0 aliphatic rings. The van der Waals surface area contributed by atoms with Crippen molar-refractivity contribution in [2.24, 2.45) is 0 Å². The molecule has 0 saturated carbocycles. The maximum absolute atomic E-state index is 5.67. The van der Waals surface area contributed by atoms with Crippen molar-refractivity contribution in [3.8, 4) is 11.7 Å². The van der Waals surface area contributed by atoms with E-state index in [9.17, 15) is 0 Å². The first kappa shape index (κ1) is 19.8. The number of methoxy groups -OCH3 is 1. The predicted molar refractivity (Wildman–Crippen MR) is 107 cm³/mol. The second-order valence-electron chi connectivity index (χ2n) is 5.74. The molecule has 0 radical (unpaired) electrons. The van der Waals surface area contributed by atoms with E-state index in [4.69, 9.17) is 9.47 Å². The highest BCUT2D eigenvalue weighted by Crippen LogP contribution is 2.16. The van der Waals surface area contributed by atoms with Crippen LogP contribution in [0.4, 0.5) is 11.9 Å². The van der Waals surface area contributed by atoms with Crippen molar-refractivity contribution < 1.29 is 9.47 Å². The molecule has 0 bridgehead atoms. The van der Waals surface area contributed by atoms with Gasteiger partial charge in [0.2, 0.25) is 17.1 Å². The molecule has 28 heavy (non-hydrogen) atoms. The summed E-state index contributed by atoms with van der Waals surface area (Å²) in [4.78, 5) is 19.2. The first-order valence-corrected chi connectivity index (χ1v) is 9.53. The van der Waals surface area contributed by atoms with Crippen molar-refractivity contribution >= 4 is 23.7 Å². The maximum atomic E-state index is 5.67. The number of nitrogens with one attached hydrogen (secondary N) is 1. The Hall–Kier alpha value is -2.92. The lowest BCUT2D eigenvalue weighted by Crippen LogP contribution is -2.18. The highest BCUT2D eigenvalue weighted by molar-refractivity contribution is 7.99. The van der Waals surface area contributed by atoms with Crippen molar-refractivity contribution in [1.82, 2.24) is 29.7 Å². The summed E-state index contributed by atoms with van der Waals surface area (Å²) in [5.41, 5.74) is 0. The molecule has 1 aromatic carbocycles. The standard InChI is InChI=1S/C17H22N8O2S/c1-24(2)15-20-14(19-12-26-3)21-16(22-15)25-11-18-17(23-25)28-10-9-27-13-7-5-4-6-8-13/h4-8,11H,9-10,12H2,1-3H3,(H,19,20,21,22). The van der Waals surface area contributed by atoms with Crippen LogP contribution in [-0.4, -0.2) is 70.0 Å². The average molecular weight is 402 g/mol. The highest BCUT2D eigenvalue weighted by atomic mass is 32.2. The van der Waals surface area contributed by atoms with Crippen molar-refractivity contribution in [2.45, 2.75) is 5.16 Å². The number of para-hydroxylation sites is 1. The van der Waals surface area contributed by atoms with Gasteiger partial charge >= 0.3 is 0 Å². The fourth-order valence-electron chi connectivity index (χ4n) is 2.09.